The molecular formula is C11H15NOS. The highest BCUT2D eigenvalue weighted by molar-refractivity contribution is 7.80. The fraction of sp³-hybridized carbons (Fsp3) is 0.364. The average molecular weight is 209 g/mol. The van der Waals surface area contributed by atoms with E-state index in [9.17, 15) is 4.79 Å². The van der Waals surface area contributed by atoms with Gasteiger partial charge in [-0.1, -0.05) is 6.07 Å². The minimum atomic E-state index is 0.0749. The second-order valence-electron chi connectivity index (χ2n) is 3.03. The van der Waals surface area contributed by atoms with Crippen LogP contribution in [0.25, 0.3) is 0 Å². The largest absolute Gasteiger partial charge is 0.339 e. The quantitative estimate of drug-likeness (QED) is 0.758. The van der Waals surface area contributed by atoms with Crippen molar-refractivity contribution in [3.63, 3.8) is 0 Å². The molecule has 0 saturated carbocycles. The lowest BCUT2D eigenvalue weighted by Gasteiger charge is -2.18. The van der Waals surface area contributed by atoms with Crippen LogP contribution in [0.5, 0.6) is 0 Å². The van der Waals surface area contributed by atoms with Crippen molar-refractivity contribution in [3.8, 4) is 0 Å². The predicted octanol–water partition coefficient (Wildman–Crippen LogP) is 2.46. The molecule has 1 aromatic rings. The number of carbonyl (C=O) groups is 1. The standard InChI is InChI=1S/C11H15NOS/c1-3-12(4-2)11(13)9-6-5-7-10(14)8-9/h5-8,14H,3-4H2,1-2H3. The molecule has 0 aliphatic heterocycles. The Hall–Kier alpha value is -0.960. The van der Waals surface area contributed by atoms with Crippen LogP contribution in [0.1, 0.15) is 24.2 Å². The van der Waals surface area contributed by atoms with Gasteiger partial charge in [-0.3, -0.25) is 4.79 Å². The molecule has 1 amide bonds. The van der Waals surface area contributed by atoms with Crippen molar-refractivity contribution in [1.82, 2.24) is 4.90 Å². The summed E-state index contributed by atoms with van der Waals surface area (Å²) in [7, 11) is 0. The second kappa shape index (κ2) is 5.05. The first-order chi connectivity index (χ1) is 6.69. The Kier molecular flexibility index (Phi) is 4.01. The summed E-state index contributed by atoms with van der Waals surface area (Å²) >= 11 is 4.20. The molecule has 76 valence electrons. The van der Waals surface area contributed by atoms with Crippen LogP contribution in [-0.4, -0.2) is 23.9 Å². The zero-order valence-electron chi connectivity index (χ0n) is 8.53. The maximum Gasteiger partial charge on any atom is 0.253 e. The lowest BCUT2D eigenvalue weighted by Crippen LogP contribution is -2.30. The Morgan fingerprint density at radius 1 is 1.36 bits per heavy atom. The lowest BCUT2D eigenvalue weighted by molar-refractivity contribution is 0.0773. The molecule has 0 atom stereocenters. The summed E-state index contributed by atoms with van der Waals surface area (Å²) in [6.45, 7) is 5.44. The summed E-state index contributed by atoms with van der Waals surface area (Å²) in [5.41, 5.74) is 0.709. The van der Waals surface area contributed by atoms with Gasteiger partial charge in [0.1, 0.15) is 0 Å². The van der Waals surface area contributed by atoms with Crippen molar-refractivity contribution in [3.05, 3.63) is 29.8 Å². The molecule has 3 heteroatoms. The van der Waals surface area contributed by atoms with Crippen LogP contribution in [0, 0.1) is 0 Å². The zero-order chi connectivity index (χ0) is 10.6. The van der Waals surface area contributed by atoms with E-state index in [2.05, 4.69) is 12.6 Å². The first-order valence-electron chi connectivity index (χ1n) is 4.77. The second-order valence-corrected chi connectivity index (χ2v) is 3.54. The van der Waals surface area contributed by atoms with E-state index >= 15 is 0 Å². The number of carbonyl (C=O) groups excluding carboxylic acids is 1. The monoisotopic (exact) mass is 209 g/mol. The van der Waals surface area contributed by atoms with Gasteiger partial charge in [-0.15, -0.1) is 12.6 Å². The van der Waals surface area contributed by atoms with E-state index in [-0.39, 0.29) is 5.91 Å². The van der Waals surface area contributed by atoms with Crippen molar-refractivity contribution >= 4 is 18.5 Å². The number of rotatable bonds is 3. The average Bonchev–Trinajstić information content (AvgIpc) is 2.19. The van der Waals surface area contributed by atoms with Gasteiger partial charge in [-0.25, -0.2) is 0 Å². The van der Waals surface area contributed by atoms with Crippen LogP contribution < -0.4 is 0 Å². The molecule has 2 nitrogen and oxygen atoms in total. The van der Waals surface area contributed by atoms with E-state index in [0.29, 0.717) is 5.56 Å². The summed E-state index contributed by atoms with van der Waals surface area (Å²) in [5, 5.41) is 0. The molecule has 0 aliphatic rings. The maximum absolute atomic E-state index is 11.9. The number of hydrogen-bond donors (Lipinski definition) is 1. The van der Waals surface area contributed by atoms with E-state index in [4.69, 9.17) is 0 Å². The topological polar surface area (TPSA) is 20.3 Å². The van der Waals surface area contributed by atoms with Crippen molar-refractivity contribution < 1.29 is 4.79 Å². The minimum Gasteiger partial charge on any atom is -0.339 e. The highest BCUT2D eigenvalue weighted by Gasteiger charge is 2.11. The summed E-state index contributed by atoms with van der Waals surface area (Å²) in [5.74, 6) is 0.0749. The van der Waals surface area contributed by atoms with Gasteiger partial charge in [-0.05, 0) is 32.0 Å². The van der Waals surface area contributed by atoms with Gasteiger partial charge in [0.2, 0.25) is 0 Å². The third kappa shape index (κ3) is 2.51. The molecule has 0 N–H and O–H groups in total. The van der Waals surface area contributed by atoms with Gasteiger partial charge in [0.05, 0.1) is 0 Å². The lowest BCUT2D eigenvalue weighted by atomic mass is 10.2. The van der Waals surface area contributed by atoms with Crippen molar-refractivity contribution in [2.75, 3.05) is 13.1 Å². The number of amides is 1. The van der Waals surface area contributed by atoms with Gasteiger partial charge < -0.3 is 4.90 Å². The third-order valence-electron chi connectivity index (χ3n) is 2.14. The van der Waals surface area contributed by atoms with Crippen LogP contribution in [0.4, 0.5) is 0 Å². The molecule has 14 heavy (non-hydrogen) atoms. The Bertz CT molecular complexity index is 321. The molecule has 0 spiro atoms. The zero-order valence-corrected chi connectivity index (χ0v) is 9.42. The molecular weight excluding hydrogens is 194 g/mol. The van der Waals surface area contributed by atoms with E-state index in [0.717, 1.165) is 18.0 Å². The molecule has 0 saturated heterocycles. The number of thiol groups is 1. The number of benzene rings is 1. The fourth-order valence-electron chi connectivity index (χ4n) is 1.33. The van der Waals surface area contributed by atoms with Crippen LogP contribution >= 0.6 is 12.6 Å². The van der Waals surface area contributed by atoms with Crippen molar-refractivity contribution in [2.45, 2.75) is 18.7 Å². The normalized spacial score (nSPS) is 9.93. The van der Waals surface area contributed by atoms with Crippen molar-refractivity contribution in [2.24, 2.45) is 0 Å². The first-order valence-corrected chi connectivity index (χ1v) is 5.22. The van der Waals surface area contributed by atoms with Gasteiger partial charge in [0.25, 0.3) is 5.91 Å². The van der Waals surface area contributed by atoms with Crippen LogP contribution in [0.3, 0.4) is 0 Å². The van der Waals surface area contributed by atoms with E-state index in [1.165, 1.54) is 0 Å². The fourth-order valence-corrected chi connectivity index (χ4v) is 1.56. The first kappa shape index (κ1) is 11.1. The van der Waals surface area contributed by atoms with Crippen molar-refractivity contribution in [1.29, 1.82) is 0 Å². The molecule has 0 fully saturated rings. The van der Waals surface area contributed by atoms with Gasteiger partial charge in [0.15, 0.2) is 0 Å². The van der Waals surface area contributed by atoms with Crippen LogP contribution in [0.15, 0.2) is 29.2 Å². The molecule has 0 aliphatic carbocycles. The Balaban J connectivity index is 2.88. The number of hydrogen-bond acceptors (Lipinski definition) is 2. The van der Waals surface area contributed by atoms with Gasteiger partial charge >= 0.3 is 0 Å². The molecule has 0 bridgehead atoms. The SMILES string of the molecule is CCN(CC)C(=O)c1cccc(S)c1. The molecule has 0 unspecified atom stereocenters. The minimum absolute atomic E-state index is 0.0749. The van der Waals surface area contributed by atoms with E-state index < -0.39 is 0 Å². The predicted molar refractivity (Wildman–Crippen MR) is 60.9 cm³/mol. The highest BCUT2D eigenvalue weighted by Crippen LogP contribution is 2.11. The van der Waals surface area contributed by atoms with E-state index in [1.54, 1.807) is 11.0 Å². The highest BCUT2D eigenvalue weighted by atomic mass is 32.1. The molecule has 0 heterocycles. The Morgan fingerprint density at radius 2 is 2.00 bits per heavy atom. The van der Waals surface area contributed by atoms with Crippen LogP contribution in [0.2, 0.25) is 0 Å². The molecule has 0 radical (unpaired) electrons. The molecule has 1 rings (SSSR count). The third-order valence-corrected chi connectivity index (χ3v) is 2.42. The summed E-state index contributed by atoms with van der Waals surface area (Å²) < 4.78 is 0. The Labute approximate surface area is 90.3 Å². The summed E-state index contributed by atoms with van der Waals surface area (Å²) in [6.07, 6.45) is 0. The Morgan fingerprint density at radius 3 is 2.50 bits per heavy atom. The van der Waals surface area contributed by atoms with E-state index in [1.807, 2.05) is 32.0 Å². The van der Waals surface area contributed by atoms with Gasteiger partial charge in [0, 0.05) is 23.5 Å². The summed E-state index contributed by atoms with van der Waals surface area (Å²) in [4.78, 5) is 14.5. The number of nitrogens with zero attached hydrogens (tertiary/aromatic N) is 1. The smallest absolute Gasteiger partial charge is 0.253 e. The summed E-state index contributed by atoms with van der Waals surface area (Å²) in [6, 6.07) is 7.32. The maximum atomic E-state index is 11.9. The molecule has 0 aromatic heterocycles. The van der Waals surface area contributed by atoms with Gasteiger partial charge in [-0.2, -0.15) is 0 Å². The van der Waals surface area contributed by atoms with Crippen LogP contribution in [-0.2, 0) is 0 Å². The molecule has 1 aromatic carbocycles.